The Labute approximate surface area is 95.1 Å². The molecule has 2 aromatic rings. The van der Waals surface area contributed by atoms with Crippen LogP contribution in [0.4, 0.5) is 0 Å². The van der Waals surface area contributed by atoms with Crippen molar-refractivity contribution in [1.29, 1.82) is 0 Å². The van der Waals surface area contributed by atoms with Crippen molar-refractivity contribution in [3.05, 3.63) is 35.9 Å². The van der Waals surface area contributed by atoms with Crippen LogP contribution in [0.1, 0.15) is 30.1 Å². The third-order valence-corrected chi connectivity index (χ3v) is 3.23. The van der Waals surface area contributed by atoms with E-state index < -0.39 is 0 Å². The van der Waals surface area contributed by atoms with Crippen LogP contribution in [-0.2, 0) is 4.74 Å². The molecule has 16 heavy (non-hydrogen) atoms. The molecule has 1 fully saturated rings. The number of pyridine rings is 1. The van der Waals surface area contributed by atoms with Gasteiger partial charge in [-0.2, -0.15) is 0 Å². The van der Waals surface area contributed by atoms with Crippen LogP contribution in [0.5, 0.6) is 0 Å². The molecule has 1 saturated heterocycles. The molecule has 3 nitrogen and oxygen atoms in total. The molecule has 0 aliphatic carbocycles. The maximum absolute atomic E-state index is 5.53. The number of hydrogen-bond donors (Lipinski definition) is 0. The predicted molar refractivity (Wildman–Crippen MR) is 62.7 cm³/mol. The van der Waals surface area contributed by atoms with Gasteiger partial charge in [-0.25, -0.2) is 4.98 Å². The molecule has 0 spiro atoms. The predicted octanol–water partition coefficient (Wildman–Crippen LogP) is 2.54. The van der Waals surface area contributed by atoms with Crippen molar-refractivity contribution >= 4 is 5.52 Å². The van der Waals surface area contributed by atoms with Gasteiger partial charge in [0.25, 0.3) is 0 Å². The second-order valence-corrected chi connectivity index (χ2v) is 4.53. The molecule has 1 aliphatic rings. The summed E-state index contributed by atoms with van der Waals surface area (Å²) >= 11 is 0. The van der Waals surface area contributed by atoms with E-state index in [4.69, 9.17) is 4.74 Å². The van der Waals surface area contributed by atoms with Crippen molar-refractivity contribution in [3.8, 4) is 0 Å². The summed E-state index contributed by atoms with van der Waals surface area (Å²) in [6.07, 6.45) is 6.44. The van der Waals surface area contributed by atoms with E-state index >= 15 is 0 Å². The Hall–Kier alpha value is -1.35. The highest BCUT2D eigenvalue weighted by atomic mass is 16.5. The molecule has 2 aromatic heterocycles. The molecule has 3 rings (SSSR count). The lowest BCUT2D eigenvalue weighted by molar-refractivity contribution is 0.0779. The standard InChI is InChI=1S/C13H16N2O/c1-10-4-5-12-7-14-13(15(12)8-10)11-3-2-6-16-9-11/h4-5,7-8,11H,2-3,6,9H2,1H3. The lowest BCUT2D eigenvalue weighted by Gasteiger charge is -2.21. The molecule has 84 valence electrons. The van der Waals surface area contributed by atoms with Gasteiger partial charge in [-0.05, 0) is 31.4 Å². The summed E-state index contributed by atoms with van der Waals surface area (Å²) in [5.41, 5.74) is 2.44. The van der Waals surface area contributed by atoms with Crippen molar-refractivity contribution in [2.75, 3.05) is 13.2 Å². The molecule has 1 atom stereocenters. The van der Waals surface area contributed by atoms with E-state index in [1.807, 2.05) is 6.20 Å². The lowest BCUT2D eigenvalue weighted by Crippen LogP contribution is -2.17. The Morgan fingerprint density at radius 3 is 3.19 bits per heavy atom. The van der Waals surface area contributed by atoms with Gasteiger partial charge >= 0.3 is 0 Å². The fraction of sp³-hybridized carbons (Fsp3) is 0.462. The van der Waals surface area contributed by atoms with E-state index in [2.05, 4.69) is 34.6 Å². The second-order valence-electron chi connectivity index (χ2n) is 4.53. The SMILES string of the molecule is Cc1ccc2cnc(C3CCCOC3)n2c1. The van der Waals surface area contributed by atoms with E-state index in [-0.39, 0.29) is 0 Å². The van der Waals surface area contributed by atoms with Gasteiger partial charge in [0.2, 0.25) is 0 Å². The zero-order valence-electron chi connectivity index (χ0n) is 9.52. The normalized spacial score (nSPS) is 21.4. The highest BCUT2D eigenvalue weighted by molar-refractivity contribution is 5.47. The highest BCUT2D eigenvalue weighted by Gasteiger charge is 2.20. The molecular formula is C13H16N2O. The minimum Gasteiger partial charge on any atom is -0.381 e. The van der Waals surface area contributed by atoms with Crippen LogP contribution in [-0.4, -0.2) is 22.6 Å². The molecule has 0 radical (unpaired) electrons. The third kappa shape index (κ3) is 1.61. The maximum Gasteiger partial charge on any atom is 0.118 e. The Bertz CT molecular complexity index is 498. The number of aromatic nitrogens is 2. The van der Waals surface area contributed by atoms with Crippen LogP contribution in [0.25, 0.3) is 5.52 Å². The van der Waals surface area contributed by atoms with Gasteiger partial charge in [0.05, 0.1) is 18.3 Å². The first-order chi connectivity index (χ1) is 7.84. The topological polar surface area (TPSA) is 26.5 Å². The van der Waals surface area contributed by atoms with Crippen molar-refractivity contribution in [3.63, 3.8) is 0 Å². The third-order valence-electron chi connectivity index (χ3n) is 3.23. The van der Waals surface area contributed by atoms with Gasteiger partial charge in [-0.15, -0.1) is 0 Å². The van der Waals surface area contributed by atoms with Crippen LogP contribution < -0.4 is 0 Å². The maximum atomic E-state index is 5.53. The molecular weight excluding hydrogens is 200 g/mol. The molecule has 0 bridgehead atoms. The first-order valence-corrected chi connectivity index (χ1v) is 5.86. The Kier molecular flexibility index (Phi) is 2.40. The monoisotopic (exact) mass is 216 g/mol. The van der Waals surface area contributed by atoms with E-state index in [0.29, 0.717) is 5.92 Å². The number of rotatable bonds is 1. The van der Waals surface area contributed by atoms with Gasteiger partial charge in [-0.3, -0.25) is 0 Å². The van der Waals surface area contributed by atoms with Gasteiger partial charge in [0, 0.05) is 18.7 Å². The molecule has 3 heterocycles. The molecule has 0 N–H and O–H groups in total. The van der Waals surface area contributed by atoms with Crippen molar-refractivity contribution in [1.82, 2.24) is 9.38 Å². The Morgan fingerprint density at radius 1 is 1.44 bits per heavy atom. The molecule has 0 amide bonds. The smallest absolute Gasteiger partial charge is 0.118 e. The average Bonchev–Trinajstić information content (AvgIpc) is 2.73. The van der Waals surface area contributed by atoms with Crippen molar-refractivity contribution < 1.29 is 4.74 Å². The quantitative estimate of drug-likeness (QED) is 0.732. The number of ether oxygens (including phenoxy) is 1. The van der Waals surface area contributed by atoms with Gasteiger partial charge in [-0.1, -0.05) is 6.07 Å². The van der Waals surface area contributed by atoms with Crippen molar-refractivity contribution in [2.45, 2.75) is 25.7 Å². The van der Waals surface area contributed by atoms with Crippen LogP contribution >= 0.6 is 0 Å². The van der Waals surface area contributed by atoms with Gasteiger partial charge in [0.1, 0.15) is 5.82 Å². The van der Waals surface area contributed by atoms with Crippen LogP contribution in [0.3, 0.4) is 0 Å². The summed E-state index contributed by atoms with van der Waals surface area (Å²) in [6.45, 7) is 3.83. The first-order valence-electron chi connectivity index (χ1n) is 5.86. The minimum atomic E-state index is 0.457. The van der Waals surface area contributed by atoms with E-state index in [1.54, 1.807) is 0 Å². The number of hydrogen-bond acceptors (Lipinski definition) is 2. The summed E-state index contributed by atoms with van der Waals surface area (Å²) in [6, 6.07) is 4.24. The van der Waals surface area contributed by atoms with E-state index in [9.17, 15) is 0 Å². The molecule has 3 heteroatoms. The van der Waals surface area contributed by atoms with Gasteiger partial charge in [0.15, 0.2) is 0 Å². The second kappa shape index (κ2) is 3.91. The minimum absolute atomic E-state index is 0.457. The fourth-order valence-corrected chi connectivity index (χ4v) is 2.36. The summed E-state index contributed by atoms with van der Waals surface area (Å²) in [7, 11) is 0. The van der Waals surface area contributed by atoms with E-state index in [1.165, 1.54) is 17.5 Å². The highest BCUT2D eigenvalue weighted by Crippen LogP contribution is 2.25. The first kappa shape index (κ1) is 9.85. The number of fused-ring (bicyclic) bond motifs is 1. The molecule has 0 saturated carbocycles. The number of nitrogens with zero attached hydrogens (tertiary/aromatic N) is 2. The summed E-state index contributed by atoms with van der Waals surface area (Å²) in [5.74, 6) is 1.61. The number of aryl methyl sites for hydroxylation is 1. The summed E-state index contributed by atoms with van der Waals surface area (Å²) in [4.78, 5) is 4.54. The largest absolute Gasteiger partial charge is 0.381 e. The van der Waals surface area contributed by atoms with Crippen LogP contribution in [0.2, 0.25) is 0 Å². The fourth-order valence-electron chi connectivity index (χ4n) is 2.36. The average molecular weight is 216 g/mol. The lowest BCUT2D eigenvalue weighted by atomic mass is 10.0. The Morgan fingerprint density at radius 2 is 2.38 bits per heavy atom. The molecule has 1 aliphatic heterocycles. The molecule has 0 aromatic carbocycles. The van der Waals surface area contributed by atoms with Crippen molar-refractivity contribution in [2.24, 2.45) is 0 Å². The zero-order chi connectivity index (χ0) is 11.0. The van der Waals surface area contributed by atoms with Crippen LogP contribution in [0.15, 0.2) is 24.5 Å². The summed E-state index contributed by atoms with van der Waals surface area (Å²) in [5, 5.41) is 0. The zero-order valence-corrected chi connectivity index (χ0v) is 9.52. The van der Waals surface area contributed by atoms with Gasteiger partial charge < -0.3 is 9.14 Å². The Balaban J connectivity index is 2.05. The van der Waals surface area contributed by atoms with E-state index in [0.717, 1.165) is 25.5 Å². The number of imidazole rings is 1. The molecule has 1 unspecified atom stereocenters. The summed E-state index contributed by atoms with van der Waals surface area (Å²) < 4.78 is 7.73. The van der Waals surface area contributed by atoms with Crippen LogP contribution in [0, 0.1) is 6.92 Å².